The molecule has 0 aromatic carbocycles. The Morgan fingerprint density at radius 3 is 3.04 bits per heavy atom. The van der Waals surface area contributed by atoms with Crippen molar-refractivity contribution in [3.05, 3.63) is 36.4 Å². The molecular weight excluding hydrogens is 296 g/mol. The van der Waals surface area contributed by atoms with Crippen LogP contribution >= 0.6 is 0 Å². The molecule has 0 spiro atoms. The summed E-state index contributed by atoms with van der Waals surface area (Å²) in [6, 6.07) is 5.64. The van der Waals surface area contributed by atoms with E-state index in [2.05, 4.69) is 10.4 Å². The summed E-state index contributed by atoms with van der Waals surface area (Å²) in [4.78, 5) is 25.2. The molecule has 23 heavy (non-hydrogen) atoms. The lowest BCUT2D eigenvalue weighted by atomic mass is 10.2. The number of anilines is 1. The number of carbonyl (C=O) groups is 2. The quantitative estimate of drug-likeness (QED) is 0.912. The zero-order valence-electron chi connectivity index (χ0n) is 13.1. The molecule has 0 aliphatic carbocycles. The Kier molecular flexibility index (Phi) is 4.45. The second-order valence-corrected chi connectivity index (χ2v) is 5.72. The first-order valence-corrected chi connectivity index (χ1v) is 7.75. The minimum atomic E-state index is -0.142. The Morgan fingerprint density at radius 2 is 2.30 bits per heavy atom. The highest BCUT2D eigenvalue weighted by molar-refractivity contribution is 5.87. The third kappa shape index (κ3) is 3.80. The summed E-state index contributed by atoms with van der Waals surface area (Å²) in [6.45, 7) is 2.84. The van der Waals surface area contributed by atoms with Crippen LogP contribution in [0.15, 0.2) is 35.1 Å². The average molecular weight is 316 g/mol. The summed E-state index contributed by atoms with van der Waals surface area (Å²) in [6.07, 6.45) is 5.41. The number of carbonyl (C=O) groups excluding carboxylic acids is 2. The maximum Gasteiger partial charge on any atom is 0.223 e. The number of hydrogen-bond acceptors (Lipinski definition) is 4. The summed E-state index contributed by atoms with van der Waals surface area (Å²) in [5.41, 5.74) is 0. The Balaban J connectivity index is 1.52. The van der Waals surface area contributed by atoms with Gasteiger partial charge in [0.25, 0.3) is 0 Å². The number of hydrogen-bond donors (Lipinski definition) is 1. The molecular formula is C16H20N4O3. The van der Waals surface area contributed by atoms with E-state index in [9.17, 15) is 9.59 Å². The van der Waals surface area contributed by atoms with Gasteiger partial charge in [0.1, 0.15) is 5.76 Å². The van der Waals surface area contributed by atoms with Crippen LogP contribution in [0, 0.1) is 0 Å². The molecule has 7 heteroatoms. The van der Waals surface area contributed by atoms with Crippen molar-refractivity contribution in [3.8, 4) is 0 Å². The van der Waals surface area contributed by atoms with E-state index in [1.54, 1.807) is 12.3 Å². The van der Waals surface area contributed by atoms with Crippen molar-refractivity contribution < 1.29 is 14.0 Å². The zero-order valence-corrected chi connectivity index (χ0v) is 13.1. The molecule has 1 aliphatic rings. The number of likely N-dealkylation sites (tertiary alicyclic amines) is 1. The van der Waals surface area contributed by atoms with Crippen molar-refractivity contribution >= 4 is 17.6 Å². The highest BCUT2D eigenvalue weighted by Gasteiger charge is 2.27. The number of amides is 2. The normalized spacial score (nSPS) is 17.4. The predicted molar refractivity (Wildman–Crippen MR) is 83.8 cm³/mol. The zero-order chi connectivity index (χ0) is 16.2. The van der Waals surface area contributed by atoms with Crippen LogP contribution in [-0.4, -0.2) is 39.6 Å². The lowest BCUT2D eigenvalue weighted by Crippen LogP contribution is -2.29. The molecule has 2 amide bonds. The van der Waals surface area contributed by atoms with Crippen molar-refractivity contribution in [2.75, 3.05) is 18.4 Å². The smallest absolute Gasteiger partial charge is 0.223 e. The van der Waals surface area contributed by atoms with E-state index in [-0.39, 0.29) is 17.9 Å². The highest BCUT2D eigenvalue weighted by Crippen LogP contribution is 2.22. The maximum absolute atomic E-state index is 12.3. The van der Waals surface area contributed by atoms with Crippen LogP contribution < -0.4 is 5.32 Å². The molecule has 0 unspecified atom stereocenters. The number of furan rings is 1. The second kappa shape index (κ2) is 6.68. The van der Waals surface area contributed by atoms with Crippen molar-refractivity contribution in [2.45, 2.75) is 32.2 Å². The van der Waals surface area contributed by atoms with Gasteiger partial charge in [-0.3, -0.25) is 14.3 Å². The molecule has 2 aromatic heterocycles. The van der Waals surface area contributed by atoms with Gasteiger partial charge in [0, 0.05) is 45.1 Å². The molecule has 1 fully saturated rings. The molecule has 0 bridgehead atoms. The molecule has 2 aromatic rings. The van der Waals surface area contributed by atoms with Crippen LogP contribution in [0.3, 0.4) is 0 Å². The third-order valence-electron chi connectivity index (χ3n) is 3.97. The number of rotatable bonds is 5. The number of aryl methyl sites for hydroxylation is 1. The van der Waals surface area contributed by atoms with Gasteiger partial charge in [-0.05, 0) is 18.6 Å². The van der Waals surface area contributed by atoms with Crippen molar-refractivity contribution in [1.82, 2.24) is 14.7 Å². The van der Waals surface area contributed by atoms with Crippen molar-refractivity contribution in [2.24, 2.45) is 0 Å². The van der Waals surface area contributed by atoms with E-state index in [0.717, 1.165) is 18.7 Å². The number of nitrogens with zero attached hydrogens (tertiary/aromatic N) is 3. The van der Waals surface area contributed by atoms with Gasteiger partial charge >= 0.3 is 0 Å². The van der Waals surface area contributed by atoms with Crippen LogP contribution in [-0.2, 0) is 16.0 Å². The summed E-state index contributed by atoms with van der Waals surface area (Å²) in [5.74, 6) is 1.37. The van der Waals surface area contributed by atoms with Crippen LogP contribution in [0.4, 0.5) is 5.82 Å². The summed E-state index contributed by atoms with van der Waals surface area (Å²) < 4.78 is 7.08. The Morgan fingerprint density at radius 1 is 1.43 bits per heavy atom. The minimum Gasteiger partial charge on any atom is -0.469 e. The first kappa shape index (κ1) is 15.3. The van der Waals surface area contributed by atoms with Crippen molar-refractivity contribution in [3.63, 3.8) is 0 Å². The van der Waals surface area contributed by atoms with Crippen LogP contribution in [0.5, 0.6) is 0 Å². The fourth-order valence-electron chi connectivity index (χ4n) is 2.82. The fraction of sp³-hybridized carbons (Fsp3) is 0.438. The van der Waals surface area contributed by atoms with Gasteiger partial charge in [-0.15, -0.1) is 0 Å². The standard InChI is InChI=1S/C16H20N4O3/c1-12(21)17-15-7-9-20(18-15)13-6-8-19(11-13)16(22)5-4-14-3-2-10-23-14/h2-3,7,9-10,13H,4-6,8,11H2,1H3,(H,17,18,21)/t13-/m1/s1. The Hall–Kier alpha value is -2.57. The molecule has 1 aliphatic heterocycles. The third-order valence-corrected chi connectivity index (χ3v) is 3.97. The predicted octanol–water partition coefficient (Wildman–Crippen LogP) is 1.84. The van der Waals surface area contributed by atoms with E-state index in [1.807, 2.05) is 27.9 Å². The van der Waals surface area contributed by atoms with Gasteiger partial charge in [-0.2, -0.15) is 5.10 Å². The van der Waals surface area contributed by atoms with Crippen molar-refractivity contribution in [1.29, 1.82) is 0 Å². The number of nitrogens with one attached hydrogen (secondary N) is 1. The van der Waals surface area contributed by atoms with E-state index in [1.165, 1.54) is 6.92 Å². The number of aromatic nitrogens is 2. The molecule has 122 valence electrons. The monoisotopic (exact) mass is 316 g/mol. The molecule has 1 N–H and O–H groups in total. The molecule has 7 nitrogen and oxygen atoms in total. The van der Waals surface area contributed by atoms with Gasteiger partial charge in [0.05, 0.1) is 12.3 Å². The SMILES string of the molecule is CC(=O)Nc1ccn([C@@H]2CCN(C(=O)CCc3ccco3)C2)n1. The highest BCUT2D eigenvalue weighted by atomic mass is 16.3. The first-order chi connectivity index (χ1) is 11.1. The topological polar surface area (TPSA) is 80.4 Å². The van der Waals surface area contributed by atoms with Crippen LogP contribution in [0.2, 0.25) is 0 Å². The van der Waals surface area contributed by atoms with Gasteiger partial charge in [0.2, 0.25) is 11.8 Å². The summed E-state index contributed by atoms with van der Waals surface area (Å²) in [7, 11) is 0. The Labute approximate surface area is 134 Å². The molecule has 0 radical (unpaired) electrons. The van der Waals surface area contributed by atoms with Crippen LogP contribution in [0.1, 0.15) is 31.6 Å². The first-order valence-electron chi connectivity index (χ1n) is 7.75. The molecule has 1 atom stereocenters. The van der Waals surface area contributed by atoms with Crippen LogP contribution in [0.25, 0.3) is 0 Å². The van der Waals surface area contributed by atoms with Gasteiger partial charge in [-0.1, -0.05) is 0 Å². The fourth-order valence-corrected chi connectivity index (χ4v) is 2.82. The molecule has 3 heterocycles. The van der Waals surface area contributed by atoms with E-state index in [0.29, 0.717) is 25.2 Å². The lowest BCUT2D eigenvalue weighted by molar-refractivity contribution is -0.130. The van der Waals surface area contributed by atoms with E-state index in [4.69, 9.17) is 4.42 Å². The Bertz CT molecular complexity index is 677. The van der Waals surface area contributed by atoms with E-state index >= 15 is 0 Å². The minimum absolute atomic E-state index is 0.137. The largest absolute Gasteiger partial charge is 0.469 e. The summed E-state index contributed by atoms with van der Waals surface area (Å²) >= 11 is 0. The van der Waals surface area contributed by atoms with Gasteiger partial charge in [-0.25, -0.2) is 0 Å². The summed E-state index contributed by atoms with van der Waals surface area (Å²) in [5, 5.41) is 7.00. The van der Waals surface area contributed by atoms with Gasteiger partial charge < -0.3 is 14.6 Å². The molecule has 0 saturated carbocycles. The van der Waals surface area contributed by atoms with E-state index < -0.39 is 0 Å². The van der Waals surface area contributed by atoms with Gasteiger partial charge in [0.15, 0.2) is 5.82 Å². The average Bonchev–Trinajstić information content (AvgIpc) is 3.24. The second-order valence-electron chi connectivity index (χ2n) is 5.72. The maximum atomic E-state index is 12.3. The molecule has 1 saturated heterocycles. The lowest BCUT2D eigenvalue weighted by Gasteiger charge is -2.16. The molecule has 3 rings (SSSR count).